The number of allylic oxidation sites excluding steroid dienone is 4. The van der Waals surface area contributed by atoms with Crippen LogP contribution in [-0.2, 0) is 14.3 Å². The zero-order valence-electron chi connectivity index (χ0n) is 28.9. The van der Waals surface area contributed by atoms with Crippen molar-refractivity contribution in [3.05, 3.63) is 54.1 Å². The van der Waals surface area contributed by atoms with Gasteiger partial charge in [0, 0.05) is 13.0 Å². The first-order valence-corrected chi connectivity index (χ1v) is 17.5. The lowest BCUT2D eigenvalue weighted by atomic mass is 9.46. The molecule has 1 aromatic carbocycles. The minimum atomic E-state index is -0.411. The second kappa shape index (κ2) is 13.5. The monoisotopic (exact) mass is 616 g/mol. The Morgan fingerprint density at radius 2 is 1.64 bits per heavy atom. The van der Waals surface area contributed by atoms with E-state index < -0.39 is 5.97 Å². The molecule has 5 heteroatoms. The third-order valence-corrected chi connectivity index (χ3v) is 12.7. The van der Waals surface area contributed by atoms with Crippen LogP contribution in [0.5, 0.6) is 11.5 Å². The molecule has 6 unspecified atom stereocenters. The number of benzene rings is 1. The van der Waals surface area contributed by atoms with Crippen LogP contribution >= 0.6 is 0 Å². The number of methoxy groups -OCH3 is 1. The maximum atomic E-state index is 12.8. The number of carbonyl (C=O) groups is 2. The molecular weight excluding hydrogens is 560 g/mol. The fourth-order valence-electron chi connectivity index (χ4n) is 9.69. The Hall–Kier alpha value is -2.82. The number of hydrogen-bond acceptors (Lipinski definition) is 5. The number of hydrogen-bond donors (Lipinski definition) is 0. The Morgan fingerprint density at radius 3 is 2.36 bits per heavy atom. The van der Waals surface area contributed by atoms with Crippen molar-refractivity contribution in [3.63, 3.8) is 0 Å². The molecule has 3 saturated carbocycles. The smallest absolute Gasteiger partial charge is 0.331 e. The van der Waals surface area contributed by atoms with E-state index in [0.29, 0.717) is 46.5 Å². The van der Waals surface area contributed by atoms with E-state index in [1.165, 1.54) is 45.8 Å². The molecule has 45 heavy (non-hydrogen) atoms. The molecule has 0 spiro atoms. The minimum absolute atomic E-state index is 0.0621. The van der Waals surface area contributed by atoms with Gasteiger partial charge in [0.25, 0.3) is 0 Å². The van der Waals surface area contributed by atoms with Gasteiger partial charge in [-0.2, -0.15) is 0 Å². The third-order valence-electron chi connectivity index (χ3n) is 12.7. The van der Waals surface area contributed by atoms with Crippen LogP contribution in [0, 0.1) is 58.2 Å². The number of ether oxygens (including phenoxy) is 3. The summed E-state index contributed by atoms with van der Waals surface area (Å²) in [5.74, 6) is 5.41. The molecule has 1 aromatic rings. The summed E-state index contributed by atoms with van der Waals surface area (Å²) in [5.41, 5.74) is 1.46. The van der Waals surface area contributed by atoms with Gasteiger partial charge in [0.2, 0.25) is 0 Å². The zero-order valence-corrected chi connectivity index (χ0v) is 28.9. The van der Waals surface area contributed by atoms with Gasteiger partial charge < -0.3 is 14.2 Å². The van der Waals surface area contributed by atoms with Gasteiger partial charge in [0.05, 0.1) is 7.11 Å². The van der Waals surface area contributed by atoms with Gasteiger partial charge in [-0.1, -0.05) is 71.9 Å². The van der Waals surface area contributed by atoms with Crippen LogP contribution in [-0.4, -0.2) is 25.2 Å². The standard InChI is InChI=1S/C40H56O5/c1-25(2)26(3)9-10-27(4)33-15-16-34-32-14-13-30-24-31(19-21-39(30,6)35(32)20-22-40(33,34)7)45-38(42)18-12-29-11-17-36(44-28(5)41)37(23-29)43-8/h9-14,17-18,23,25-27,30-35H,15-16,19-22,24H2,1-8H3/b10-9+,18-12+/t26?,27?,30?,31-,32?,33+,34?,35?,39+,40+/m0/s1. The Balaban J connectivity index is 1.21. The van der Waals surface area contributed by atoms with E-state index in [1.807, 2.05) is 0 Å². The first-order valence-electron chi connectivity index (χ1n) is 17.5. The number of esters is 2. The van der Waals surface area contributed by atoms with Gasteiger partial charge in [0.15, 0.2) is 11.5 Å². The first-order chi connectivity index (χ1) is 21.4. The first kappa shape index (κ1) is 33.5. The van der Waals surface area contributed by atoms with Crippen LogP contribution in [0.3, 0.4) is 0 Å². The lowest BCUT2D eigenvalue weighted by Gasteiger charge is -2.59. The molecule has 0 heterocycles. The summed E-state index contributed by atoms with van der Waals surface area (Å²) in [6.07, 6.45) is 21.6. The van der Waals surface area contributed by atoms with Crippen molar-refractivity contribution in [3.8, 4) is 11.5 Å². The van der Waals surface area contributed by atoms with E-state index in [0.717, 1.165) is 42.6 Å². The molecule has 4 aliphatic carbocycles. The summed E-state index contributed by atoms with van der Waals surface area (Å²) in [4.78, 5) is 24.2. The van der Waals surface area contributed by atoms with Crippen LogP contribution in [0.25, 0.3) is 6.08 Å². The fraction of sp³-hybridized carbons (Fsp3) is 0.650. The van der Waals surface area contributed by atoms with Gasteiger partial charge in [0.1, 0.15) is 6.10 Å². The van der Waals surface area contributed by atoms with Crippen molar-refractivity contribution in [1.29, 1.82) is 0 Å². The van der Waals surface area contributed by atoms with Gasteiger partial charge in [-0.05, 0) is 127 Å². The highest BCUT2D eigenvalue weighted by molar-refractivity contribution is 5.87. The molecule has 5 rings (SSSR count). The highest BCUT2D eigenvalue weighted by atomic mass is 16.6. The minimum Gasteiger partial charge on any atom is -0.493 e. The molecule has 246 valence electrons. The highest BCUT2D eigenvalue weighted by Gasteiger charge is 2.59. The maximum absolute atomic E-state index is 12.8. The lowest BCUT2D eigenvalue weighted by molar-refractivity contribution is -0.149. The summed E-state index contributed by atoms with van der Waals surface area (Å²) in [7, 11) is 1.52. The van der Waals surface area contributed by atoms with Crippen molar-refractivity contribution >= 4 is 18.0 Å². The summed E-state index contributed by atoms with van der Waals surface area (Å²) < 4.78 is 16.5. The van der Waals surface area contributed by atoms with Crippen LogP contribution in [0.2, 0.25) is 0 Å². The van der Waals surface area contributed by atoms with E-state index in [9.17, 15) is 9.59 Å². The summed E-state index contributed by atoms with van der Waals surface area (Å²) in [6, 6.07) is 5.19. The predicted octanol–water partition coefficient (Wildman–Crippen LogP) is 9.46. The van der Waals surface area contributed by atoms with Gasteiger partial charge in [-0.15, -0.1) is 0 Å². The lowest BCUT2D eigenvalue weighted by Crippen LogP contribution is -2.52. The molecule has 0 amide bonds. The van der Waals surface area contributed by atoms with Gasteiger partial charge >= 0.3 is 11.9 Å². The second-order valence-electron chi connectivity index (χ2n) is 15.5. The number of rotatable bonds is 9. The van der Waals surface area contributed by atoms with Gasteiger partial charge in [-0.25, -0.2) is 4.79 Å². The van der Waals surface area contributed by atoms with Crippen LogP contribution in [0.4, 0.5) is 0 Å². The topological polar surface area (TPSA) is 61.8 Å². The Morgan fingerprint density at radius 1 is 0.911 bits per heavy atom. The highest BCUT2D eigenvalue weighted by Crippen LogP contribution is 2.67. The third kappa shape index (κ3) is 6.83. The average molecular weight is 617 g/mol. The van der Waals surface area contributed by atoms with Crippen molar-refractivity contribution in [2.75, 3.05) is 7.11 Å². The number of fused-ring (bicyclic) bond motifs is 5. The van der Waals surface area contributed by atoms with E-state index in [1.54, 1.807) is 24.3 Å². The van der Waals surface area contributed by atoms with Crippen molar-refractivity contribution in [2.24, 2.45) is 58.2 Å². The van der Waals surface area contributed by atoms with Crippen LogP contribution < -0.4 is 9.47 Å². The molecule has 0 radical (unpaired) electrons. The molecule has 5 nitrogen and oxygen atoms in total. The quantitative estimate of drug-likeness (QED) is 0.120. The van der Waals surface area contributed by atoms with Crippen molar-refractivity contribution in [2.45, 2.75) is 99.5 Å². The molecule has 0 bridgehead atoms. The summed E-state index contributed by atoms with van der Waals surface area (Å²) in [6.45, 7) is 16.0. The normalized spacial score (nSPS) is 35.5. The van der Waals surface area contributed by atoms with E-state index in [2.05, 4.69) is 65.8 Å². The van der Waals surface area contributed by atoms with Crippen molar-refractivity contribution < 1.29 is 23.8 Å². The molecule has 0 N–H and O–H groups in total. The average Bonchev–Trinajstić information content (AvgIpc) is 3.36. The molecule has 3 fully saturated rings. The van der Waals surface area contributed by atoms with Crippen LogP contribution in [0.15, 0.2) is 48.6 Å². The van der Waals surface area contributed by atoms with Gasteiger partial charge in [-0.3, -0.25) is 4.79 Å². The Bertz CT molecular complexity index is 1320. The Kier molecular flexibility index (Phi) is 10.1. The largest absolute Gasteiger partial charge is 0.493 e. The summed E-state index contributed by atoms with van der Waals surface area (Å²) in [5, 5.41) is 0. The number of carbonyl (C=O) groups excluding carboxylic acids is 2. The molecular formula is C40H56O5. The van der Waals surface area contributed by atoms with E-state index >= 15 is 0 Å². The SMILES string of the molecule is COc1cc(/C=C/C(=O)O[C@H]2CC[C@]3(C)C(C=CC4C3CC[C@@]3(C)C4CC[C@@H]3C(C)/C=C/C(C)C(C)C)C2)ccc1OC(C)=O. The van der Waals surface area contributed by atoms with E-state index in [-0.39, 0.29) is 17.5 Å². The summed E-state index contributed by atoms with van der Waals surface area (Å²) >= 11 is 0. The molecule has 0 aliphatic heterocycles. The fourth-order valence-corrected chi connectivity index (χ4v) is 9.69. The Labute approximate surface area is 271 Å². The predicted molar refractivity (Wildman–Crippen MR) is 181 cm³/mol. The molecule has 4 aliphatic rings. The van der Waals surface area contributed by atoms with Crippen molar-refractivity contribution in [1.82, 2.24) is 0 Å². The zero-order chi connectivity index (χ0) is 32.5. The second-order valence-corrected chi connectivity index (χ2v) is 15.5. The van der Waals surface area contributed by atoms with Crippen LogP contribution in [0.1, 0.15) is 99.0 Å². The molecule has 0 saturated heterocycles. The molecule has 10 atom stereocenters. The maximum Gasteiger partial charge on any atom is 0.331 e. The molecule has 0 aromatic heterocycles. The van der Waals surface area contributed by atoms with E-state index in [4.69, 9.17) is 14.2 Å².